The van der Waals surface area contributed by atoms with Crippen LogP contribution in [-0.2, 0) is 21.3 Å². The first-order valence-electron chi connectivity index (χ1n) is 10.0. The van der Waals surface area contributed by atoms with Crippen LogP contribution in [0.5, 0.6) is 5.75 Å². The summed E-state index contributed by atoms with van der Waals surface area (Å²) in [6.45, 7) is 4.30. The van der Waals surface area contributed by atoms with Crippen LogP contribution in [0.4, 0.5) is 0 Å². The van der Waals surface area contributed by atoms with Gasteiger partial charge in [0.15, 0.2) is 9.84 Å². The van der Waals surface area contributed by atoms with Crippen LogP contribution in [0.3, 0.4) is 0 Å². The molecule has 32 heavy (non-hydrogen) atoms. The Morgan fingerprint density at radius 2 is 1.78 bits per heavy atom. The van der Waals surface area contributed by atoms with E-state index in [1.54, 1.807) is 17.0 Å². The van der Waals surface area contributed by atoms with Crippen molar-refractivity contribution in [2.75, 3.05) is 6.61 Å². The largest absolute Gasteiger partial charge is 0.494 e. The van der Waals surface area contributed by atoms with Gasteiger partial charge in [-0.25, -0.2) is 18.1 Å². The fraction of sp³-hybridized carbons (Fsp3) is 0.217. The van der Waals surface area contributed by atoms with Gasteiger partial charge in [0.25, 0.3) is 0 Å². The SMILES string of the molecule is CCOc1ccc(-c2nc(CS(=O)(=O)Cc3c(C)nn(-c4ccccc4)c3Cl)cs2)cc1. The second-order valence-electron chi connectivity index (χ2n) is 7.24. The molecule has 4 aromatic rings. The Morgan fingerprint density at radius 3 is 2.47 bits per heavy atom. The van der Waals surface area contributed by atoms with E-state index in [2.05, 4.69) is 10.1 Å². The number of thiazole rings is 1. The molecule has 2 aromatic heterocycles. The van der Waals surface area contributed by atoms with Gasteiger partial charge in [-0.2, -0.15) is 5.10 Å². The summed E-state index contributed by atoms with van der Waals surface area (Å²) in [6.07, 6.45) is 0. The standard InChI is InChI=1S/C23H22ClN3O3S2/c1-3-30-20-11-9-17(10-12-20)23-25-18(13-31-23)14-32(28,29)15-21-16(2)26-27(22(21)24)19-7-5-4-6-8-19/h4-13H,3,14-15H2,1-2H3. The van der Waals surface area contributed by atoms with Crippen molar-refractivity contribution >= 4 is 32.8 Å². The molecule has 0 fully saturated rings. The lowest BCUT2D eigenvalue weighted by Gasteiger charge is -2.05. The maximum absolute atomic E-state index is 12.9. The number of hydrogen-bond acceptors (Lipinski definition) is 6. The van der Waals surface area contributed by atoms with E-state index in [1.807, 2.05) is 61.5 Å². The van der Waals surface area contributed by atoms with Crippen LogP contribution in [0, 0.1) is 6.92 Å². The van der Waals surface area contributed by atoms with Gasteiger partial charge in [0.1, 0.15) is 15.9 Å². The highest BCUT2D eigenvalue weighted by Gasteiger charge is 2.23. The first-order valence-corrected chi connectivity index (χ1v) is 13.1. The van der Waals surface area contributed by atoms with Crippen molar-refractivity contribution in [2.45, 2.75) is 25.4 Å². The van der Waals surface area contributed by atoms with E-state index in [1.165, 1.54) is 11.3 Å². The number of rotatable bonds is 8. The molecule has 2 heterocycles. The number of aromatic nitrogens is 3. The predicted molar refractivity (Wildman–Crippen MR) is 128 cm³/mol. The van der Waals surface area contributed by atoms with Gasteiger partial charge in [0.05, 0.1) is 35.2 Å². The van der Waals surface area contributed by atoms with Crippen LogP contribution in [0.25, 0.3) is 16.3 Å². The van der Waals surface area contributed by atoms with Crippen LogP contribution in [-0.4, -0.2) is 29.8 Å². The maximum Gasteiger partial charge on any atom is 0.160 e. The minimum Gasteiger partial charge on any atom is -0.494 e. The minimum absolute atomic E-state index is 0.160. The molecule has 6 nitrogen and oxygen atoms in total. The third-order valence-electron chi connectivity index (χ3n) is 4.82. The number of sulfone groups is 1. The van der Waals surface area contributed by atoms with Crippen LogP contribution in [0.15, 0.2) is 60.0 Å². The van der Waals surface area contributed by atoms with E-state index in [-0.39, 0.29) is 11.5 Å². The molecule has 0 N–H and O–H groups in total. The van der Waals surface area contributed by atoms with Crippen molar-refractivity contribution in [3.8, 4) is 22.0 Å². The summed E-state index contributed by atoms with van der Waals surface area (Å²) in [5, 5.41) is 7.29. The Hall–Kier alpha value is -2.68. The molecule has 0 atom stereocenters. The molecule has 0 amide bonds. The third-order valence-corrected chi connectivity index (χ3v) is 7.61. The summed E-state index contributed by atoms with van der Waals surface area (Å²) in [4.78, 5) is 4.53. The average molecular weight is 488 g/mol. The number of ether oxygens (including phenoxy) is 1. The number of hydrogen-bond donors (Lipinski definition) is 0. The Kier molecular flexibility index (Phi) is 6.64. The van der Waals surface area contributed by atoms with Crippen molar-refractivity contribution < 1.29 is 13.2 Å². The van der Waals surface area contributed by atoms with E-state index in [9.17, 15) is 8.42 Å². The summed E-state index contributed by atoms with van der Waals surface area (Å²) in [7, 11) is -3.50. The minimum atomic E-state index is -3.50. The number of nitrogens with zero attached hydrogens (tertiary/aromatic N) is 3. The second kappa shape index (κ2) is 9.44. The lowest BCUT2D eigenvalue weighted by atomic mass is 10.2. The van der Waals surface area contributed by atoms with Crippen molar-refractivity contribution in [1.29, 1.82) is 0 Å². The molecule has 0 saturated heterocycles. The van der Waals surface area contributed by atoms with Gasteiger partial charge in [-0.05, 0) is 50.2 Å². The molecule has 2 aromatic carbocycles. The molecule has 0 aliphatic carbocycles. The van der Waals surface area contributed by atoms with Gasteiger partial charge in [-0.3, -0.25) is 0 Å². The first kappa shape index (κ1) is 22.5. The number of aryl methyl sites for hydroxylation is 1. The van der Waals surface area contributed by atoms with E-state index in [4.69, 9.17) is 16.3 Å². The van der Waals surface area contributed by atoms with Crippen molar-refractivity contribution in [3.05, 3.63) is 82.1 Å². The predicted octanol–water partition coefficient (Wildman–Crippen LogP) is 5.47. The zero-order valence-corrected chi connectivity index (χ0v) is 20.0. The van der Waals surface area contributed by atoms with E-state index >= 15 is 0 Å². The smallest absolute Gasteiger partial charge is 0.160 e. The van der Waals surface area contributed by atoms with Gasteiger partial charge >= 0.3 is 0 Å². The van der Waals surface area contributed by atoms with Gasteiger partial charge in [-0.15, -0.1) is 11.3 Å². The first-order chi connectivity index (χ1) is 15.4. The zero-order valence-electron chi connectivity index (χ0n) is 17.7. The van der Waals surface area contributed by atoms with Crippen LogP contribution in [0.1, 0.15) is 23.9 Å². The molecular formula is C23H22ClN3O3S2. The van der Waals surface area contributed by atoms with Crippen molar-refractivity contribution in [2.24, 2.45) is 0 Å². The van der Waals surface area contributed by atoms with E-state index < -0.39 is 9.84 Å². The third kappa shape index (κ3) is 5.03. The number of benzene rings is 2. The van der Waals surface area contributed by atoms with Gasteiger partial charge < -0.3 is 4.74 Å². The molecule has 0 aliphatic rings. The molecule has 0 unspecified atom stereocenters. The monoisotopic (exact) mass is 487 g/mol. The van der Waals surface area contributed by atoms with Gasteiger partial charge in [-0.1, -0.05) is 29.8 Å². The van der Waals surface area contributed by atoms with Crippen LogP contribution < -0.4 is 4.74 Å². The molecule has 0 bridgehead atoms. The van der Waals surface area contributed by atoms with Gasteiger partial charge in [0.2, 0.25) is 0 Å². The van der Waals surface area contributed by atoms with Crippen molar-refractivity contribution in [3.63, 3.8) is 0 Å². The van der Waals surface area contributed by atoms with Gasteiger partial charge in [0, 0.05) is 16.5 Å². The molecule has 4 rings (SSSR count). The highest BCUT2D eigenvalue weighted by molar-refractivity contribution is 7.89. The Labute approximate surface area is 196 Å². The number of halogens is 1. The Balaban J connectivity index is 1.51. The fourth-order valence-electron chi connectivity index (χ4n) is 3.30. The summed E-state index contributed by atoms with van der Waals surface area (Å²) < 4.78 is 32.9. The summed E-state index contributed by atoms with van der Waals surface area (Å²) in [6, 6.07) is 17.0. The highest BCUT2D eigenvalue weighted by Crippen LogP contribution is 2.29. The normalized spacial score (nSPS) is 11.6. The summed E-state index contributed by atoms with van der Waals surface area (Å²) >= 11 is 7.92. The average Bonchev–Trinajstić information content (AvgIpc) is 3.34. The Bertz CT molecular complexity index is 1310. The molecule has 0 radical (unpaired) electrons. The maximum atomic E-state index is 12.9. The molecule has 0 spiro atoms. The second-order valence-corrected chi connectivity index (χ2v) is 10.5. The summed E-state index contributed by atoms with van der Waals surface area (Å²) in [5.74, 6) is 0.437. The molecular weight excluding hydrogens is 466 g/mol. The van der Waals surface area contributed by atoms with E-state index in [0.717, 1.165) is 22.0 Å². The highest BCUT2D eigenvalue weighted by atomic mass is 35.5. The summed E-state index contributed by atoms with van der Waals surface area (Å²) in [5.41, 5.74) is 3.32. The topological polar surface area (TPSA) is 74.1 Å². The molecule has 0 saturated carbocycles. The lowest BCUT2D eigenvalue weighted by molar-refractivity contribution is 0.340. The van der Waals surface area contributed by atoms with E-state index in [0.29, 0.717) is 28.7 Å². The van der Waals surface area contributed by atoms with Crippen LogP contribution in [0.2, 0.25) is 5.15 Å². The van der Waals surface area contributed by atoms with Crippen molar-refractivity contribution in [1.82, 2.24) is 14.8 Å². The fourth-order valence-corrected chi connectivity index (χ4v) is 6.13. The zero-order chi connectivity index (χ0) is 22.7. The lowest BCUT2D eigenvalue weighted by Crippen LogP contribution is -2.09. The quantitative estimate of drug-likeness (QED) is 0.329. The Morgan fingerprint density at radius 1 is 1.06 bits per heavy atom. The molecule has 166 valence electrons. The number of para-hydroxylation sites is 1. The molecule has 0 aliphatic heterocycles. The van der Waals surface area contributed by atoms with Crippen LogP contribution >= 0.6 is 22.9 Å². The molecule has 9 heteroatoms.